The van der Waals surface area contributed by atoms with Crippen LogP contribution in [0.3, 0.4) is 0 Å². The third kappa shape index (κ3) is 43.1. The van der Waals surface area contributed by atoms with E-state index in [1.54, 1.807) is 0 Å². The van der Waals surface area contributed by atoms with Gasteiger partial charge < -0.3 is 79.7 Å². The van der Waals surface area contributed by atoms with E-state index in [2.05, 4.69) is 166 Å². The number of hydrogen-bond acceptors (Lipinski definition) is 36. The molecule has 684 valence electrons. The molecule has 1 aliphatic carbocycles. The molecule has 6 atom stereocenters. The molecule has 0 N–H and O–H groups in total. The predicted molar refractivity (Wildman–Crippen MR) is 566 cm³/mol. The van der Waals surface area contributed by atoms with Crippen LogP contribution in [0.2, 0.25) is 0 Å². The normalized spacial score (nSPS) is 19.3. The fourth-order valence-corrected chi connectivity index (χ4v) is 137. The summed E-state index contributed by atoms with van der Waals surface area (Å²) in [5, 5.41) is 0. The zero-order valence-corrected chi connectivity index (χ0v) is 98.7. The average Bonchev–Trinajstić information content (AvgIpc) is 0.763. The van der Waals surface area contributed by atoms with E-state index in [9.17, 15) is 0 Å². The lowest BCUT2D eigenvalue weighted by Gasteiger charge is -2.53. The van der Waals surface area contributed by atoms with Crippen LogP contribution >= 0.6 is 188 Å². The monoisotopic (exact) mass is 2170 g/mol. The molecular formula is C66H150O18S24Si6+6. The molecule has 0 aromatic carbocycles. The first-order valence-electron chi connectivity index (χ1n) is 41.0. The van der Waals surface area contributed by atoms with Crippen molar-refractivity contribution in [3.05, 3.63) is 0 Å². The summed E-state index contributed by atoms with van der Waals surface area (Å²) in [6.07, 6.45) is 6.46. The number of rotatable bonds is 84. The van der Waals surface area contributed by atoms with Gasteiger partial charge in [-0.15, -0.1) is 0 Å². The summed E-state index contributed by atoms with van der Waals surface area (Å²) in [6, 6.07) is 0. The molecule has 0 aromatic heterocycles. The van der Waals surface area contributed by atoms with Gasteiger partial charge in [-0.3, -0.25) is 0 Å². The van der Waals surface area contributed by atoms with Gasteiger partial charge in [-0.25, -0.2) is 0 Å². The molecule has 1 fully saturated rings. The summed E-state index contributed by atoms with van der Waals surface area (Å²) < 4.78 is 121. The Bertz CT molecular complexity index is 1750. The molecule has 1 aliphatic rings. The van der Waals surface area contributed by atoms with Gasteiger partial charge in [0.1, 0.15) is 0 Å². The molecule has 0 aliphatic heterocycles. The Morgan fingerprint density at radius 2 is 0.263 bits per heavy atom. The van der Waals surface area contributed by atoms with E-state index in [-0.39, 0.29) is 50.4 Å². The maximum Gasteiger partial charge on any atom is 0.808 e. The van der Waals surface area contributed by atoms with Crippen molar-refractivity contribution in [2.24, 2.45) is 35.5 Å². The van der Waals surface area contributed by atoms with Crippen molar-refractivity contribution in [1.82, 2.24) is 0 Å². The Balaban J connectivity index is 5.05. The Labute approximate surface area is 784 Å². The Morgan fingerprint density at radius 1 is 0.167 bits per heavy atom. The van der Waals surface area contributed by atoms with Crippen molar-refractivity contribution in [2.75, 3.05) is 188 Å². The molecule has 0 radical (unpaired) electrons. The quantitative estimate of drug-likeness (QED) is 0.0244. The molecule has 0 aromatic rings. The predicted octanol–water partition coefficient (Wildman–Crippen LogP) is 24.8. The molecule has 0 heterocycles. The van der Waals surface area contributed by atoms with Gasteiger partial charge in [-0.1, -0.05) is 41.5 Å². The second kappa shape index (κ2) is 76.3. The van der Waals surface area contributed by atoms with Gasteiger partial charge in [-0.2, -0.15) is 0 Å². The van der Waals surface area contributed by atoms with Gasteiger partial charge in [0.2, 0.25) is 0 Å². The minimum atomic E-state index is -3.10. The van der Waals surface area contributed by atoms with Crippen molar-refractivity contribution in [3.63, 3.8) is 0 Å². The maximum atomic E-state index is 6.75. The van der Waals surface area contributed by atoms with Crippen LogP contribution in [0.15, 0.2) is 0 Å². The van der Waals surface area contributed by atoms with E-state index in [1.165, 1.54) is 0 Å². The van der Waals surface area contributed by atoms with Crippen LogP contribution in [0.4, 0.5) is 0 Å². The largest absolute Gasteiger partial charge is 0.808 e. The summed E-state index contributed by atoms with van der Waals surface area (Å²) in [5.74, 6) is 13.9. The van der Waals surface area contributed by atoms with Crippen LogP contribution in [0.1, 0.15) is 205 Å². The first-order valence-corrected chi connectivity index (χ1v) is 89.1. The number of hydrogen-bond donors (Lipinski definition) is 0. The zero-order valence-electron chi connectivity index (χ0n) is 73.1. The lowest BCUT2D eigenvalue weighted by atomic mass is 9.53. The van der Waals surface area contributed by atoms with Crippen LogP contribution in [-0.4, -0.2) is 236 Å². The topological polar surface area (TPSA) is 166 Å². The van der Waals surface area contributed by atoms with Crippen LogP contribution in [0.25, 0.3) is 0 Å². The highest BCUT2D eigenvalue weighted by molar-refractivity contribution is 9.32. The molecule has 48 heteroatoms. The first-order chi connectivity index (χ1) is 55.4. The fraction of sp³-hybridized carbons (Fsp3) is 1.00. The van der Waals surface area contributed by atoms with Crippen LogP contribution < -0.4 is 0 Å². The van der Waals surface area contributed by atoms with Crippen molar-refractivity contribution >= 4 is 287 Å². The van der Waals surface area contributed by atoms with Gasteiger partial charge in [0.25, 0.3) is 0 Å². The van der Waals surface area contributed by atoms with E-state index in [0.717, 1.165) is 108 Å². The van der Waals surface area contributed by atoms with Gasteiger partial charge in [0.05, 0.1) is 64.8 Å². The SMILES string of the molecule is CCO[Si](OCC)(OCC)[S+](SCC)SSCCC1C(CCSS[S+](SCC)[Si](OCC)(OCC)OCC)C(CCSS[S+](SCC)[Si](OCC)(OCC)OCC)C(CCSS[S+](SCC)[Si](OCC)(OCC)OCC)C(CCSS[S+](SCC)[Si](OCC)(OCC)OCC)C1CCSS[S+](SCC)[Si](OCC)(OCC)OCC. The van der Waals surface area contributed by atoms with E-state index in [0.29, 0.717) is 154 Å². The van der Waals surface area contributed by atoms with Crippen LogP contribution in [0.5, 0.6) is 0 Å². The fourth-order valence-electron chi connectivity index (χ4n) is 12.3. The van der Waals surface area contributed by atoms with Crippen molar-refractivity contribution in [1.29, 1.82) is 0 Å². The zero-order chi connectivity index (χ0) is 84.8. The second-order valence-electron chi connectivity index (χ2n) is 22.7. The van der Waals surface area contributed by atoms with Gasteiger partial charge in [0, 0.05) is 188 Å². The van der Waals surface area contributed by atoms with E-state index in [4.69, 9.17) is 79.7 Å². The lowest BCUT2D eigenvalue weighted by molar-refractivity contribution is -0.0292. The summed E-state index contributed by atoms with van der Waals surface area (Å²) in [7, 11) is 14.8. The van der Waals surface area contributed by atoms with Gasteiger partial charge in [0.15, 0.2) is 109 Å². The minimum absolute atomic E-state index is 0.366. The molecular weight excluding hydrogens is 2020 g/mol. The molecule has 1 saturated carbocycles. The standard InChI is InChI=1S/C66H150O18S24Si6/c1-25-67-109(68-26-2,69-27-3)103(91-43-19)97-85-55-49-61-62(50-56-86-98-104(92-44-20)110(70-28-4,71-29-5)72-30-6)64(52-58-88-100-106(94-46-22)112(76-34-10,77-35-11)78-36-12)66(54-60-90-102-108(96-48-24)114(82-40-16,83-41-17)84-42-18)65(53-59-89-101-107(95-47-23)113(79-37-13,80-38-14)81-39-15)63(61)51-57-87-99-105(93-45-21)111(73-31-7,74-32-8)75-33-9/h61-66H,25-60H2,1-24H3/q+6. The van der Waals surface area contributed by atoms with Crippen LogP contribution in [0, 0.1) is 35.5 Å². The molecule has 0 spiro atoms. The minimum Gasteiger partial charge on any atom is -0.331 e. The third-order valence-corrected chi connectivity index (χ3v) is 130. The molecule has 18 nitrogen and oxygen atoms in total. The summed E-state index contributed by atoms with van der Waals surface area (Å²) in [6.45, 7) is 60.8. The van der Waals surface area contributed by atoms with Crippen LogP contribution in [-0.2, 0) is 130 Å². The highest BCUT2D eigenvalue weighted by atomic mass is 33.8. The molecule has 6 unspecified atom stereocenters. The summed E-state index contributed by atoms with van der Waals surface area (Å²) in [5.41, 5.74) is 0. The van der Waals surface area contributed by atoms with Crippen molar-refractivity contribution < 1.29 is 79.7 Å². The Morgan fingerprint density at radius 3 is 0.342 bits per heavy atom. The van der Waals surface area contributed by atoms with Crippen molar-refractivity contribution in [3.8, 4) is 0 Å². The maximum absolute atomic E-state index is 6.75. The lowest BCUT2D eigenvalue weighted by Crippen LogP contribution is -2.51. The molecule has 1 rings (SSSR count). The van der Waals surface area contributed by atoms with Crippen molar-refractivity contribution in [2.45, 2.75) is 205 Å². The Kier molecular flexibility index (Phi) is 81.0. The molecule has 0 bridgehead atoms. The molecule has 114 heavy (non-hydrogen) atoms. The van der Waals surface area contributed by atoms with E-state index in [1.807, 2.05) is 188 Å². The molecule has 0 amide bonds. The van der Waals surface area contributed by atoms with E-state index < -0.39 is 47.7 Å². The van der Waals surface area contributed by atoms with E-state index >= 15 is 0 Å². The van der Waals surface area contributed by atoms with Gasteiger partial charge >= 0.3 is 47.7 Å². The second-order valence-corrected chi connectivity index (χ2v) is 107. The first kappa shape index (κ1) is 121. The summed E-state index contributed by atoms with van der Waals surface area (Å²) in [4.78, 5) is 0. The highest BCUT2D eigenvalue weighted by Crippen LogP contribution is 2.60. The third-order valence-electron chi connectivity index (χ3n) is 15.5. The van der Waals surface area contributed by atoms with Gasteiger partial charge in [-0.05, 0) is 263 Å². The molecule has 0 saturated heterocycles. The average molecular weight is 2170 g/mol. The Hall–Kier alpha value is 8.98. The highest BCUT2D eigenvalue weighted by Gasteiger charge is 2.71. The summed E-state index contributed by atoms with van der Waals surface area (Å²) >= 11 is 0. The smallest absolute Gasteiger partial charge is 0.331 e.